The van der Waals surface area contributed by atoms with Crippen molar-refractivity contribution in [1.29, 1.82) is 0 Å². The van der Waals surface area contributed by atoms with Crippen LogP contribution in [0.15, 0.2) is 70.6 Å². The summed E-state index contributed by atoms with van der Waals surface area (Å²) in [6, 6.07) is 19.9. The van der Waals surface area contributed by atoms with Crippen molar-refractivity contribution in [1.82, 2.24) is 10.1 Å². The van der Waals surface area contributed by atoms with Crippen molar-refractivity contribution in [3.63, 3.8) is 0 Å². The number of thiophene rings is 1. The maximum atomic E-state index is 12.5. The zero-order valence-electron chi connectivity index (χ0n) is 16.1. The van der Waals surface area contributed by atoms with Crippen molar-refractivity contribution in [2.75, 3.05) is 5.32 Å². The Bertz CT molecular complexity index is 1100. The number of para-hydroxylation sites is 1. The van der Waals surface area contributed by atoms with Gasteiger partial charge in [-0.05, 0) is 42.0 Å². The molecule has 146 valence electrons. The fraction of sp³-hybridized carbons (Fsp3) is 0.174. The molecule has 0 aliphatic rings. The van der Waals surface area contributed by atoms with Gasteiger partial charge in [-0.1, -0.05) is 59.3 Å². The molecule has 1 amide bonds. The van der Waals surface area contributed by atoms with E-state index in [1.807, 2.05) is 47.8 Å². The first-order chi connectivity index (χ1) is 14.2. The molecule has 4 aromatic rings. The van der Waals surface area contributed by atoms with E-state index in [2.05, 4.69) is 40.6 Å². The lowest BCUT2D eigenvalue weighted by Gasteiger charge is -2.10. The van der Waals surface area contributed by atoms with Gasteiger partial charge in [-0.3, -0.25) is 4.79 Å². The second-order valence-electron chi connectivity index (χ2n) is 6.86. The van der Waals surface area contributed by atoms with Crippen molar-refractivity contribution < 1.29 is 9.32 Å². The van der Waals surface area contributed by atoms with E-state index in [9.17, 15) is 4.79 Å². The Hall–Kier alpha value is -3.25. The predicted octanol–water partition coefficient (Wildman–Crippen LogP) is 5.27. The van der Waals surface area contributed by atoms with Crippen molar-refractivity contribution in [3.8, 4) is 10.7 Å². The summed E-state index contributed by atoms with van der Waals surface area (Å²) in [5, 5.41) is 9.05. The Morgan fingerprint density at radius 1 is 1.10 bits per heavy atom. The second kappa shape index (κ2) is 8.84. The first-order valence-corrected chi connectivity index (χ1v) is 10.3. The van der Waals surface area contributed by atoms with E-state index in [0.717, 1.165) is 16.1 Å². The van der Waals surface area contributed by atoms with Crippen LogP contribution >= 0.6 is 11.3 Å². The van der Waals surface area contributed by atoms with Crippen LogP contribution in [-0.2, 0) is 17.6 Å². The highest BCUT2D eigenvalue weighted by Crippen LogP contribution is 2.24. The fourth-order valence-electron chi connectivity index (χ4n) is 3.13. The van der Waals surface area contributed by atoms with Crippen molar-refractivity contribution in [2.45, 2.75) is 26.2 Å². The molecule has 0 aliphatic carbocycles. The molecule has 0 radical (unpaired) electrons. The number of benzene rings is 2. The molecule has 2 heterocycles. The van der Waals surface area contributed by atoms with E-state index < -0.39 is 0 Å². The monoisotopic (exact) mass is 403 g/mol. The van der Waals surface area contributed by atoms with E-state index >= 15 is 0 Å². The third kappa shape index (κ3) is 4.97. The molecule has 0 fully saturated rings. The molecule has 2 aromatic carbocycles. The quantitative estimate of drug-likeness (QED) is 0.456. The number of aryl methyl sites for hydroxylation is 2. The lowest BCUT2D eigenvalue weighted by atomic mass is 10.1. The lowest BCUT2D eigenvalue weighted by molar-refractivity contribution is -0.116. The summed E-state index contributed by atoms with van der Waals surface area (Å²) < 4.78 is 5.40. The van der Waals surface area contributed by atoms with Gasteiger partial charge in [-0.2, -0.15) is 4.98 Å². The van der Waals surface area contributed by atoms with Crippen LogP contribution in [-0.4, -0.2) is 16.0 Å². The van der Waals surface area contributed by atoms with Gasteiger partial charge < -0.3 is 9.84 Å². The number of hydrogen-bond donors (Lipinski definition) is 1. The SMILES string of the molecule is Cc1cccc(CCC(=O)Nc2ccccc2Cc2nc(-c3cccs3)no2)c1. The second-order valence-corrected chi connectivity index (χ2v) is 7.81. The number of aromatic nitrogens is 2. The van der Waals surface area contributed by atoms with E-state index in [4.69, 9.17) is 4.52 Å². The molecule has 0 bridgehead atoms. The number of rotatable bonds is 7. The van der Waals surface area contributed by atoms with Gasteiger partial charge in [0.25, 0.3) is 0 Å². The molecule has 1 N–H and O–H groups in total. The van der Waals surface area contributed by atoms with Crippen LogP contribution in [0.4, 0.5) is 5.69 Å². The highest BCUT2D eigenvalue weighted by Gasteiger charge is 2.13. The zero-order chi connectivity index (χ0) is 20.1. The van der Waals surface area contributed by atoms with Crippen LogP contribution in [0.3, 0.4) is 0 Å². The molecule has 4 rings (SSSR count). The molecule has 0 saturated carbocycles. The predicted molar refractivity (Wildman–Crippen MR) is 115 cm³/mol. The van der Waals surface area contributed by atoms with Crippen molar-refractivity contribution in [3.05, 3.63) is 88.6 Å². The third-order valence-electron chi connectivity index (χ3n) is 4.57. The minimum absolute atomic E-state index is 0.0104. The molecule has 29 heavy (non-hydrogen) atoms. The molecule has 2 aromatic heterocycles. The molecule has 0 atom stereocenters. The van der Waals surface area contributed by atoms with Gasteiger partial charge >= 0.3 is 0 Å². The Morgan fingerprint density at radius 2 is 2.00 bits per heavy atom. The molecular weight excluding hydrogens is 382 g/mol. The average Bonchev–Trinajstić information content (AvgIpc) is 3.40. The van der Waals surface area contributed by atoms with Crippen LogP contribution in [0.5, 0.6) is 0 Å². The molecule has 0 unspecified atom stereocenters. The first kappa shape index (κ1) is 19.1. The van der Waals surface area contributed by atoms with Crippen molar-refractivity contribution in [2.24, 2.45) is 0 Å². The Kier molecular flexibility index (Phi) is 5.81. The van der Waals surface area contributed by atoms with Gasteiger partial charge in [0.15, 0.2) is 0 Å². The van der Waals surface area contributed by atoms with Crippen LogP contribution in [0.1, 0.15) is 29.0 Å². The van der Waals surface area contributed by atoms with E-state index in [1.54, 1.807) is 11.3 Å². The Balaban J connectivity index is 1.41. The van der Waals surface area contributed by atoms with Gasteiger partial charge in [-0.25, -0.2) is 0 Å². The molecule has 0 aliphatic heterocycles. The van der Waals surface area contributed by atoms with Gasteiger partial charge in [-0.15, -0.1) is 11.3 Å². The summed E-state index contributed by atoms with van der Waals surface area (Å²) in [7, 11) is 0. The largest absolute Gasteiger partial charge is 0.339 e. The summed E-state index contributed by atoms with van der Waals surface area (Å²) >= 11 is 1.57. The standard InChI is InChI=1S/C23H21N3O2S/c1-16-6-4-7-17(14-16)11-12-21(27)24-19-9-3-2-8-18(19)15-22-25-23(26-28-22)20-10-5-13-29-20/h2-10,13-14H,11-12,15H2,1H3,(H,24,27). The number of carbonyl (C=O) groups is 1. The number of nitrogens with one attached hydrogen (secondary N) is 1. The maximum Gasteiger partial charge on any atom is 0.231 e. The van der Waals surface area contributed by atoms with Crippen LogP contribution < -0.4 is 5.32 Å². The van der Waals surface area contributed by atoms with Crippen LogP contribution in [0.25, 0.3) is 10.7 Å². The van der Waals surface area contributed by atoms with Crippen LogP contribution in [0, 0.1) is 6.92 Å². The molecule has 0 saturated heterocycles. The van der Waals surface area contributed by atoms with Crippen LogP contribution in [0.2, 0.25) is 0 Å². The number of anilines is 1. The summed E-state index contributed by atoms with van der Waals surface area (Å²) in [5.41, 5.74) is 4.09. The topological polar surface area (TPSA) is 68.0 Å². The maximum absolute atomic E-state index is 12.5. The molecule has 0 spiro atoms. The molecular formula is C23H21N3O2S. The number of amides is 1. The highest BCUT2D eigenvalue weighted by atomic mass is 32.1. The minimum atomic E-state index is -0.0104. The molecule has 6 heteroatoms. The number of nitrogens with zero attached hydrogens (tertiary/aromatic N) is 2. The summed E-state index contributed by atoms with van der Waals surface area (Å²) in [6.45, 7) is 2.06. The first-order valence-electron chi connectivity index (χ1n) is 9.47. The Morgan fingerprint density at radius 3 is 2.83 bits per heavy atom. The van der Waals surface area contributed by atoms with E-state index in [-0.39, 0.29) is 5.91 Å². The smallest absolute Gasteiger partial charge is 0.231 e. The normalized spacial score (nSPS) is 10.8. The summed E-state index contributed by atoms with van der Waals surface area (Å²) in [6.07, 6.45) is 1.61. The van der Waals surface area contributed by atoms with Gasteiger partial charge in [0.1, 0.15) is 0 Å². The van der Waals surface area contributed by atoms with Gasteiger partial charge in [0.05, 0.1) is 11.3 Å². The lowest BCUT2D eigenvalue weighted by Crippen LogP contribution is -2.14. The van der Waals surface area contributed by atoms with E-state index in [0.29, 0.717) is 31.0 Å². The number of hydrogen-bond acceptors (Lipinski definition) is 5. The van der Waals surface area contributed by atoms with Gasteiger partial charge in [0.2, 0.25) is 17.6 Å². The van der Waals surface area contributed by atoms with Gasteiger partial charge in [0, 0.05) is 12.1 Å². The number of carbonyl (C=O) groups excluding carboxylic acids is 1. The highest BCUT2D eigenvalue weighted by molar-refractivity contribution is 7.13. The summed E-state index contributed by atoms with van der Waals surface area (Å²) in [4.78, 5) is 17.9. The average molecular weight is 404 g/mol. The zero-order valence-corrected chi connectivity index (χ0v) is 16.9. The van der Waals surface area contributed by atoms with E-state index in [1.165, 1.54) is 11.1 Å². The molecule has 5 nitrogen and oxygen atoms in total. The third-order valence-corrected chi connectivity index (χ3v) is 5.43. The van der Waals surface area contributed by atoms with Crippen molar-refractivity contribution >= 4 is 22.9 Å². The Labute approximate surface area is 173 Å². The minimum Gasteiger partial charge on any atom is -0.339 e. The fourth-order valence-corrected chi connectivity index (χ4v) is 3.78. The summed E-state index contributed by atoms with van der Waals surface area (Å²) in [5.74, 6) is 1.10.